The Bertz CT molecular complexity index is 887. The van der Waals surface area contributed by atoms with Crippen molar-refractivity contribution in [1.82, 2.24) is 5.32 Å². The largest absolute Gasteiger partial charge is 0.455 e. The second kappa shape index (κ2) is 7.74. The van der Waals surface area contributed by atoms with Crippen molar-refractivity contribution in [2.75, 3.05) is 17.6 Å². The molecule has 0 spiro atoms. The van der Waals surface area contributed by atoms with Gasteiger partial charge in [-0.15, -0.1) is 0 Å². The number of hydrogen-bond donors (Lipinski definition) is 2. The Morgan fingerprint density at radius 2 is 1.96 bits per heavy atom. The van der Waals surface area contributed by atoms with Crippen LogP contribution in [0.15, 0.2) is 48.5 Å². The lowest BCUT2D eigenvalue weighted by atomic mass is 10.2. The van der Waals surface area contributed by atoms with E-state index in [1.807, 2.05) is 6.07 Å². The summed E-state index contributed by atoms with van der Waals surface area (Å²) in [6.45, 7) is 0.0261. The van der Waals surface area contributed by atoms with Crippen molar-refractivity contribution >= 4 is 21.6 Å². The van der Waals surface area contributed by atoms with Gasteiger partial charge in [0, 0.05) is 12.6 Å². The third-order valence-electron chi connectivity index (χ3n) is 4.11. The number of anilines is 1. The van der Waals surface area contributed by atoms with Gasteiger partial charge in [0.05, 0.1) is 16.7 Å². The fourth-order valence-electron chi connectivity index (χ4n) is 2.76. The van der Waals surface area contributed by atoms with E-state index in [1.54, 1.807) is 24.3 Å². The first-order valence-corrected chi connectivity index (χ1v) is 9.94. The molecular weight excluding hydrogens is 359 g/mol. The van der Waals surface area contributed by atoms with E-state index in [-0.39, 0.29) is 23.7 Å². The van der Waals surface area contributed by atoms with Gasteiger partial charge in [0.15, 0.2) is 15.6 Å². The zero-order valence-corrected chi connectivity index (χ0v) is 14.8. The number of nitrogens with one attached hydrogen (secondary N) is 2. The predicted molar refractivity (Wildman–Crippen MR) is 96.7 cm³/mol. The Labute approximate surface area is 151 Å². The topological polar surface area (TPSA) is 84.5 Å². The van der Waals surface area contributed by atoms with Gasteiger partial charge in [0.1, 0.15) is 11.6 Å². The van der Waals surface area contributed by atoms with Gasteiger partial charge < -0.3 is 15.4 Å². The average molecular weight is 378 g/mol. The van der Waals surface area contributed by atoms with Crippen LogP contribution in [0.4, 0.5) is 14.9 Å². The highest BCUT2D eigenvalue weighted by molar-refractivity contribution is 7.92. The molecule has 1 aliphatic rings. The molecule has 0 saturated carbocycles. The molecule has 8 heteroatoms. The third-order valence-corrected chi connectivity index (χ3v) is 6.39. The van der Waals surface area contributed by atoms with E-state index in [2.05, 4.69) is 10.6 Å². The number of amides is 2. The van der Waals surface area contributed by atoms with Crippen LogP contribution in [0.1, 0.15) is 12.8 Å². The molecule has 1 saturated heterocycles. The van der Waals surface area contributed by atoms with Gasteiger partial charge in [0.25, 0.3) is 0 Å². The Morgan fingerprint density at radius 3 is 2.65 bits per heavy atom. The van der Waals surface area contributed by atoms with E-state index < -0.39 is 26.9 Å². The van der Waals surface area contributed by atoms with Crippen molar-refractivity contribution in [2.45, 2.75) is 18.1 Å². The van der Waals surface area contributed by atoms with Crippen LogP contribution in [0.25, 0.3) is 0 Å². The zero-order valence-electron chi connectivity index (χ0n) is 13.9. The van der Waals surface area contributed by atoms with Gasteiger partial charge in [-0.2, -0.15) is 0 Å². The van der Waals surface area contributed by atoms with Gasteiger partial charge in [-0.3, -0.25) is 0 Å². The molecule has 2 aromatic carbocycles. The zero-order chi connectivity index (χ0) is 18.6. The number of rotatable bonds is 5. The number of halogens is 1. The van der Waals surface area contributed by atoms with E-state index in [0.29, 0.717) is 18.6 Å². The van der Waals surface area contributed by atoms with Gasteiger partial charge in [-0.25, -0.2) is 17.6 Å². The molecule has 1 atom stereocenters. The molecule has 138 valence electrons. The SMILES string of the molecule is O=C(NCC1CCCS1(=O)=O)Nc1cc(F)ccc1Oc1ccccc1. The Hall–Kier alpha value is -2.61. The summed E-state index contributed by atoms with van der Waals surface area (Å²) in [6.07, 6.45) is 1.14. The second-order valence-corrected chi connectivity index (χ2v) is 8.42. The molecule has 2 amide bonds. The van der Waals surface area contributed by atoms with Crippen molar-refractivity contribution < 1.29 is 22.3 Å². The average Bonchev–Trinajstić information content (AvgIpc) is 2.95. The fraction of sp³-hybridized carbons (Fsp3) is 0.278. The minimum atomic E-state index is -3.14. The maximum absolute atomic E-state index is 13.6. The van der Waals surface area contributed by atoms with Crippen LogP contribution in [0.3, 0.4) is 0 Å². The maximum atomic E-state index is 13.6. The van der Waals surface area contributed by atoms with Gasteiger partial charge in [-0.1, -0.05) is 18.2 Å². The molecule has 2 N–H and O–H groups in total. The van der Waals surface area contributed by atoms with Crippen LogP contribution in [-0.4, -0.2) is 32.0 Å². The Kier molecular flexibility index (Phi) is 5.41. The first kappa shape index (κ1) is 18.2. The van der Waals surface area contributed by atoms with Crippen molar-refractivity contribution in [2.24, 2.45) is 0 Å². The molecule has 1 aliphatic heterocycles. The summed E-state index contributed by atoms with van der Waals surface area (Å²) in [4.78, 5) is 12.1. The van der Waals surface area contributed by atoms with Crippen LogP contribution in [0.5, 0.6) is 11.5 Å². The Morgan fingerprint density at radius 1 is 1.19 bits per heavy atom. The van der Waals surface area contributed by atoms with Crippen molar-refractivity contribution in [1.29, 1.82) is 0 Å². The van der Waals surface area contributed by atoms with Gasteiger partial charge in [0.2, 0.25) is 0 Å². The van der Waals surface area contributed by atoms with E-state index in [9.17, 15) is 17.6 Å². The van der Waals surface area contributed by atoms with Crippen LogP contribution >= 0.6 is 0 Å². The van der Waals surface area contributed by atoms with Crippen molar-refractivity contribution in [3.05, 3.63) is 54.3 Å². The Balaban J connectivity index is 1.66. The summed E-state index contributed by atoms with van der Waals surface area (Å²) >= 11 is 0. The molecule has 1 unspecified atom stereocenters. The lowest BCUT2D eigenvalue weighted by molar-refractivity contribution is 0.252. The highest BCUT2D eigenvalue weighted by atomic mass is 32.2. The highest BCUT2D eigenvalue weighted by Crippen LogP contribution is 2.30. The smallest absolute Gasteiger partial charge is 0.319 e. The van der Waals surface area contributed by atoms with E-state index in [1.165, 1.54) is 12.1 Å². The number of carbonyl (C=O) groups excluding carboxylic acids is 1. The molecule has 26 heavy (non-hydrogen) atoms. The normalized spacial score (nSPS) is 18.3. The fourth-order valence-corrected chi connectivity index (χ4v) is 4.53. The van der Waals surface area contributed by atoms with E-state index in [0.717, 1.165) is 6.07 Å². The molecule has 2 aromatic rings. The summed E-state index contributed by atoms with van der Waals surface area (Å²) in [7, 11) is -3.14. The third kappa shape index (κ3) is 4.51. The first-order valence-electron chi connectivity index (χ1n) is 8.23. The van der Waals surface area contributed by atoms with Gasteiger partial charge in [-0.05, 0) is 37.1 Å². The maximum Gasteiger partial charge on any atom is 0.319 e. The molecule has 0 bridgehead atoms. The minimum Gasteiger partial charge on any atom is -0.455 e. The summed E-state index contributed by atoms with van der Waals surface area (Å²) < 4.78 is 42.8. The number of carbonyl (C=O) groups is 1. The molecule has 0 radical (unpaired) electrons. The number of benzene rings is 2. The quantitative estimate of drug-likeness (QED) is 0.836. The number of urea groups is 1. The van der Waals surface area contributed by atoms with Gasteiger partial charge >= 0.3 is 6.03 Å². The minimum absolute atomic E-state index is 0.0261. The van der Waals surface area contributed by atoms with E-state index in [4.69, 9.17) is 4.74 Å². The van der Waals surface area contributed by atoms with Crippen LogP contribution in [0.2, 0.25) is 0 Å². The van der Waals surface area contributed by atoms with E-state index >= 15 is 0 Å². The summed E-state index contributed by atoms with van der Waals surface area (Å²) in [6, 6.07) is 12.1. The lowest BCUT2D eigenvalue weighted by Gasteiger charge is -2.14. The standard InChI is InChI=1S/C18H19FN2O4S/c19-13-8-9-17(25-14-5-2-1-3-6-14)16(11-13)21-18(22)20-12-15-7-4-10-26(15,23)24/h1-3,5-6,8-9,11,15H,4,7,10,12H2,(H2,20,21,22). The predicted octanol–water partition coefficient (Wildman–Crippen LogP) is 3.32. The highest BCUT2D eigenvalue weighted by Gasteiger charge is 2.31. The van der Waals surface area contributed by atoms with Crippen LogP contribution in [-0.2, 0) is 9.84 Å². The molecule has 1 fully saturated rings. The van der Waals surface area contributed by atoms with Crippen LogP contribution < -0.4 is 15.4 Å². The lowest BCUT2D eigenvalue weighted by Crippen LogP contribution is -2.37. The van der Waals surface area contributed by atoms with Crippen LogP contribution in [0, 0.1) is 5.82 Å². The molecule has 6 nitrogen and oxygen atoms in total. The first-order chi connectivity index (χ1) is 12.4. The molecule has 0 aliphatic carbocycles. The number of hydrogen-bond acceptors (Lipinski definition) is 4. The monoisotopic (exact) mass is 378 g/mol. The number of sulfone groups is 1. The number of para-hydroxylation sites is 1. The molecule has 1 heterocycles. The van der Waals surface area contributed by atoms with Crippen molar-refractivity contribution in [3.63, 3.8) is 0 Å². The summed E-state index contributed by atoms with van der Waals surface area (Å²) in [5, 5.41) is 4.48. The van der Waals surface area contributed by atoms with Crippen molar-refractivity contribution in [3.8, 4) is 11.5 Å². The molecule has 3 rings (SSSR count). The number of ether oxygens (including phenoxy) is 1. The summed E-state index contributed by atoms with van der Waals surface area (Å²) in [5.41, 5.74) is 0.153. The summed E-state index contributed by atoms with van der Waals surface area (Å²) in [5.74, 6) is 0.444. The second-order valence-electron chi connectivity index (χ2n) is 6.02. The molecule has 0 aromatic heterocycles. The molecular formula is C18H19FN2O4S.